The van der Waals surface area contributed by atoms with Crippen LogP contribution in [0.15, 0.2) is 40.6 Å². The smallest absolute Gasteiger partial charge is 0.164 e. The Balaban J connectivity index is 2.69. The summed E-state index contributed by atoms with van der Waals surface area (Å²) in [5.74, 6) is 0.577. The Hall–Kier alpha value is -2.10. The van der Waals surface area contributed by atoms with Crippen LogP contribution in [-0.4, -0.2) is 24.2 Å². The molecule has 0 radical (unpaired) electrons. The molecule has 0 unspecified atom stereocenters. The number of ketones is 1. The molecule has 4 heteroatoms. The van der Waals surface area contributed by atoms with Gasteiger partial charge < -0.3 is 9.84 Å². The van der Waals surface area contributed by atoms with Crippen molar-refractivity contribution in [3.63, 3.8) is 0 Å². The molecule has 1 N–H and O–H groups in total. The van der Waals surface area contributed by atoms with Crippen LogP contribution >= 0.6 is 0 Å². The molecule has 18 heavy (non-hydrogen) atoms. The minimum absolute atomic E-state index is 0.0130. The average molecular weight is 247 g/mol. The molecule has 0 aliphatic heterocycles. The molecule has 0 amide bonds. The molecule has 1 aromatic carbocycles. The topological polar surface area (TPSA) is 58.9 Å². The number of allylic oxidation sites excluding steroid dienone is 2. The first-order chi connectivity index (χ1) is 8.54. The Labute approximate surface area is 107 Å². The Bertz CT molecular complexity index is 468. The van der Waals surface area contributed by atoms with Crippen LogP contribution in [0.2, 0.25) is 0 Å². The summed E-state index contributed by atoms with van der Waals surface area (Å²) in [6, 6.07) is 7.51. The van der Waals surface area contributed by atoms with Gasteiger partial charge in [0, 0.05) is 6.21 Å². The number of aliphatic hydroxyl groups excluding tert-OH is 1. The maximum absolute atomic E-state index is 11.2. The van der Waals surface area contributed by atoms with Gasteiger partial charge in [0.15, 0.2) is 5.78 Å². The van der Waals surface area contributed by atoms with Gasteiger partial charge in [-0.05, 0) is 31.5 Å². The number of aliphatic imine (C=N–C) groups is 1. The molecule has 0 saturated heterocycles. The van der Waals surface area contributed by atoms with Crippen LogP contribution in [0.3, 0.4) is 0 Å². The molecule has 0 atom stereocenters. The molecule has 0 spiro atoms. The van der Waals surface area contributed by atoms with Gasteiger partial charge in [-0.3, -0.25) is 9.79 Å². The highest BCUT2D eigenvalue weighted by Gasteiger charge is 2.04. The molecular weight excluding hydrogens is 230 g/mol. The van der Waals surface area contributed by atoms with E-state index in [4.69, 9.17) is 4.74 Å². The molecule has 1 aromatic rings. The summed E-state index contributed by atoms with van der Waals surface area (Å²) in [6.07, 6.45) is 1.40. The lowest BCUT2D eigenvalue weighted by Gasteiger charge is -2.01. The summed E-state index contributed by atoms with van der Waals surface area (Å²) in [7, 11) is 1.61. The number of aliphatic hydroxyl groups is 1. The number of rotatable bonds is 5. The molecule has 0 fully saturated rings. The van der Waals surface area contributed by atoms with Gasteiger partial charge >= 0.3 is 0 Å². The van der Waals surface area contributed by atoms with E-state index in [1.165, 1.54) is 20.1 Å². The van der Waals surface area contributed by atoms with E-state index in [9.17, 15) is 9.90 Å². The molecule has 0 aliphatic carbocycles. The molecule has 1 rings (SSSR count). The number of methoxy groups -OCH3 is 1. The van der Waals surface area contributed by atoms with E-state index in [2.05, 4.69) is 4.99 Å². The summed E-state index contributed by atoms with van der Waals surface area (Å²) in [5, 5.41) is 9.30. The van der Waals surface area contributed by atoms with Gasteiger partial charge in [-0.15, -0.1) is 0 Å². The third kappa shape index (κ3) is 4.05. The normalized spacial score (nSPS) is 12.4. The average Bonchev–Trinajstić information content (AvgIpc) is 2.34. The molecule has 0 bridgehead atoms. The summed E-state index contributed by atoms with van der Waals surface area (Å²) in [4.78, 5) is 15.3. The first-order valence-electron chi connectivity index (χ1n) is 5.58. The zero-order chi connectivity index (χ0) is 13.5. The Morgan fingerprint density at radius 1 is 1.33 bits per heavy atom. The summed E-state index contributed by atoms with van der Waals surface area (Å²) < 4.78 is 5.05. The van der Waals surface area contributed by atoms with Crippen molar-refractivity contribution in [2.24, 2.45) is 4.99 Å². The van der Waals surface area contributed by atoms with Crippen molar-refractivity contribution in [1.29, 1.82) is 0 Å². The second-order valence-electron chi connectivity index (χ2n) is 3.87. The number of nitrogens with zero attached hydrogens (tertiary/aromatic N) is 1. The van der Waals surface area contributed by atoms with Crippen LogP contribution in [0.4, 0.5) is 0 Å². The fourth-order valence-corrected chi connectivity index (χ4v) is 1.41. The van der Waals surface area contributed by atoms with Gasteiger partial charge in [0.25, 0.3) is 0 Å². The first kappa shape index (κ1) is 14.0. The lowest BCUT2D eigenvalue weighted by Crippen LogP contribution is -2.01. The van der Waals surface area contributed by atoms with Crippen molar-refractivity contribution in [2.75, 3.05) is 7.11 Å². The fraction of sp³-hybridized carbons (Fsp3) is 0.286. The van der Waals surface area contributed by atoms with Crippen molar-refractivity contribution in [1.82, 2.24) is 0 Å². The van der Waals surface area contributed by atoms with Gasteiger partial charge in [0.05, 0.1) is 19.2 Å². The van der Waals surface area contributed by atoms with E-state index in [-0.39, 0.29) is 17.1 Å². The standard InChI is InChI=1S/C14H17NO3/c1-10(16)14(11(2)17)9-15-8-12-4-6-13(18-3)7-5-12/h4-7,9,16H,8H2,1-3H3. The fourth-order valence-electron chi connectivity index (χ4n) is 1.41. The Morgan fingerprint density at radius 3 is 2.39 bits per heavy atom. The molecular formula is C14H17NO3. The van der Waals surface area contributed by atoms with Gasteiger partial charge in [-0.1, -0.05) is 12.1 Å². The predicted molar refractivity (Wildman–Crippen MR) is 71.2 cm³/mol. The zero-order valence-corrected chi connectivity index (χ0v) is 10.8. The molecule has 0 aliphatic rings. The lowest BCUT2D eigenvalue weighted by molar-refractivity contribution is -0.113. The van der Waals surface area contributed by atoms with E-state index in [1.54, 1.807) is 7.11 Å². The number of Topliss-reactive ketones (excluding diaryl/α,β-unsaturated/α-hetero) is 1. The lowest BCUT2D eigenvalue weighted by atomic mass is 10.2. The number of ether oxygens (including phenoxy) is 1. The third-order valence-electron chi connectivity index (χ3n) is 2.42. The van der Waals surface area contributed by atoms with Crippen molar-refractivity contribution >= 4 is 12.0 Å². The summed E-state index contributed by atoms with van der Waals surface area (Å²) >= 11 is 0. The molecule has 4 nitrogen and oxygen atoms in total. The van der Waals surface area contributed by atoms with Crippen molar-refractivity contribution in [2.45, 2.75) is 20.4 Å². The van der Waals surface area contributed by atoms with Crippen molar-refractivity contribution in [3.8, 4) is 5.75 Å². The summed E-state index contributed by atoms with van der Waals surface area (Å²) in [6.45, 7) is 3.32. The molecule has 0 aromatic heterocycles. The Kier molecular flexibility index (Phi) is 5.11. The van der Waals surface area contributed by atoms with Crippen LogP contribution in [0, 0.1) is 0 Å². The molecule has 0 saturated carbocycles. The van der Waals surface area contributed by atoms with E-state index < -0.39 is 0 Å². The van der Waals surface area contributed by atoms with E-state index >= 15 is 0 Å². The minimum Gasteiger partial charge on any atom is -0.512 e. The predicted octanol–water partition coefficient (Wildman–Crippen LogP) is 2.69. The number of carbonyl (C=O) groups is 1. The van der Waals surface area contributed by atoms with Gasteiger partial charge in [-0.2, -0.15) is 0 Å². The van der Waals surface area contributed by atoms with Crippen LogP contribution < -0.4 is 4.74 Å². The van der Waals surface area contributed by atoms with E-state index in [0.29, 0.717) is 6.54 Å². The van der Waals surface area contributed by atoms with E-state index in [1.807, 2.05) is 24.3 Å². The quantitative estimate of drug-likeness (QED) is 0.494. The number of hydrogen-bond donors (Lipinski definition) is 1. The van der Waals surface area contributed by atoms with Crippen LogP contribution in [0.25, 0.3) is 0 Å². The number of benzene rings is 1. The second-order valence-corrected chi connectivity index (χ2v) is 3.87. The summed E-state index contributed by atoms with van der Waals surface area (Å²) in [5.41, 5.74) is 1.24. The zero-order valence-electron chi connectivity index (χ0n) is 10.8. The van der Waals surface area contributed by atoms with Gasteiger partial charge in [0.2, 0.25) is 0 Å². The number of carbonyl (C=O) groups excluding carboxylic acids is 1. The first-order valence-corrected chi connectivity index (χ1v) is 5.58. The SMILES string of the molecule is COc1ccc(CN=CC(C(C)=O)=C(C)O)cc1. The van der Waals surface area contributed by atoms with Crippen molar-refractivity contribution in [3.05, 3.63) is 41.2 Å². The largest absolute Gasteiger partial charge is 0.512 e. The number of hydrogen-bond acceptors (Lipinski definition) is 4. The Morgan fingerprint density at radius 2 is 1.94 bits per heavy atom. The minimum atomic E-state index is -0.200. The second kappa shape index (κ2) is 6.59. The maximum Gasteiger partial charge on any atom is 0.164 e. The maximum atomic E-state index is 11.2. The third-order valence-corrected chi connectivity index (χ3v) is 2.42. The molecule has 0 heterocycles. The van der Waals surface area contributed by atoms with Crippen molar-refractivity contribution < 1.29 is 14.6 Å². The highest BCUT2D eigenvalue weighted by Crippen LogP contribution is 2.12. The van der Waals surface area contributed by atoms with Gasteiger partial charge in [-0.25, -0.2) is 0 Å². The van der Waals surface area contributed by atoms with Crippen LogP contribution in [-0.2, 0) is 11.3 Å². The highest BCUT2D eigenvalue weighted by atomic mass is 16.5. The van der Waals surface area contributed by atoms with Crippen LogP contribution in [0.1, 0.15) is 19.4 Å². The monoisotopic (exact) mass is 247 g/mol. The van der Waals surface area contributed by atoms with Crippen LogP contribution in [0.5, 0.6) is 5.75 Å². The highest BCUT2D eigenvalue weighted by molar-refractivity contribution is 6.12. The molecule has 96 valence electrons. The van der Waals surface area contributed by atoms with E-state index in [0.717, 1.165) is 11.3 Å². The van der Waals surface area contributed by atoms with Gasteiger partial charge in [0.1, 0.15) is 11.5 Å².